The van der Waals surface area contributed by atoms with Crippen LogP contribution in [0.1, 0.15) is 0 Å². The van der Waals surface area contributed by atoms with Gasteiger partial charge in [0, 0.05) is 69.4 Å². The molecule has 0 bridgehead atoms. The van der Waals surface area contributed by atoms with E-state index in [-0.39, 0.29) is 107 Å². The van der Waals surface area contributed by atoms with Crippen molar-refractivity contribution in [2.75, 3.05) is 0 Å². The molecule has 0 fully saturated rings. The summed E-state index contributed by atoms with van der Waals surface area (Å²) >= 11 is 0. The van der Waals surface area contributed by atoms with E-state index in [1.54, 1.807) is 0 Å². The summed E-state index contributed by atoms with van der Waals surface area (Å²) in [6.45, 7) is 0. The van der Waals surface area contributed by atoms with Crippen molar-refractivity contribution in [3.8, 4) is 0 Å². The van der Waals surface area contributed by atoms with Crippen LogP contribution in [0.5, 0.6) is 0 Å². The summed E-state index contributed by atoms with van der Waals surface area (Å²) in [5.41, 5.74) is 0. The predicted octanol–water partition coefficient (Wildman–Crippen LogP) is -0.921. The third-order valence-electron chi connectivity index (χ3n) is 0. The monoisotopic (exact) mass is 296 g/mol. The van der Waals surface area contributed by atoms with Gasteiger partial charge in [0.05, 0.1) is 0 Å². The fourth-order valence-corrected chi connectivity index (χ4v) is 0. The van der Waals surface area contributed by atoms with Gasteiger partial charge in [-0.3, -0.25) is 0 Å². The van der Waals surface area contributed by atoms with E-state index in [4.69, 9.17) is 0 Å². The van der Waals surface area contributed by atoms with Crippen LogP contribution in [0.25, 0.3) is 0 Å². The number of hydrogen-bond acceptors (Lipinski definition) is 0. The Morgan fingerprint density at radius 2 is 1.00 bits per heavy atom. The van der Waals surface area contributed by atoms with E-state index in [9.17, 15) is 0 Å². The molecule has 0 heterocycles. The molecule has 0 aromatic carbocycles. The Hall–Kier alpha value is 3.48. The fraction of sp³-hybridized carbons (Fsp3) is 0. The van der Waals surface area contributed by atoms with Crippen LogP contribution >= 0.6 is 0 Å². The van der Waals surface area contributed by atoms with Gasteiger partial charge < -0.3 is 0 Å². The van der Waals surface area contributed by atoms with E-state index in [0.29, 0.717) is 0 Å². The second-order valence-electron chi connectivity index (χ2n) is 0. The molecule has 24 valence electrons. The molecule has 0 atom stereocenters. The molecule has 0 N–H and O–H groups in total. The zero-order valence-electron chi connectivity index (χ0n) is 1.26. The van der Waals surface area contributed by atoms with Gasteiger partial charge in [0.2, 0.25) is 0 Å². The van der Waals surface area contributed by atoms with Crippen molar-refractivity contribution in [1.29, 1.82) is 0 Å². The molecule has 0 spiro atoms. The van der Waals surface area contributed by atoms with Gasteiger partial charge in [-0.25, -0.2) is 0 Å². The maximum atomic E-state index is 0. The van der Waals surface area contributed by atoms with Crippen molar-refractivity contribution in [3.05, 3.63) is 0 Å². The molecule has 0 aromatic heterocycles. The Bertz CT molecular complexity index is 8.00. The molecule has 0 aliphatic carbocycles. The van der Waals surface area contributed by atoms with Crippen LogP contribution < -0.4 is 0 Å². The molecule has 4 heavy (non-hydrogen) atoms. The Balaban J connectivity index is 0. The molecule has 0 saturated carbocycles. The molecular weight excluding hydrogens is 294 g/mol. The van der Waals surface area contributed by atoms with E-state index in [2.05, 4.69) is 0 Å². The van der Waals surface area contributed by atoms with E-state index in [1.807, 2.05) is 0 Å². The Morgan fingerprint density at radius 1 is 1.00 bits per heavy atom. The summed E-state index contributed by atoms with van der Waals surface area (Å²) in [6, 6.07) is 0. The van der Waals surface area contributed by atoms with Gasteiger partial charge in [-0.1, -0.05) is 0 Å². The SMILES string of the molecule is [CaH2].[Co].[Fe].[La]. The molecule has 0 nitrogen and oxygen atoms in total. The molecule has 0 aliphatic heterocycles. The number of hydrogen-bond donors (Lipinski definition) is 0. The molecule has 0 unspecified atom stereocenters. The summed E-state index contributed by atoms with van der Waals surface area (Å²) in [7, 11) is 0. The summed E-state index contributed by atoms with van der Waals surface area (Å²) in [5.74, 6) is 0. The molecule has 0 aromatic rings. The standard InChI is InChI=1S/Ca.Co.Fe.La.2H. The maximum absolute atomic E-state index is 0. The van der Waals surface area contributed by atoms with Crippen LogP contribution in [-0.2, 0) is 33.8 Å². The molecular formula is H2CaCoFeLa. The summed E-state index contributed by atoms with van der Waals surface area (Å²) in [6.07, 6.45) is 0. The van der Waals surface area contributed by atoms with Gasteiger partial charge in [-0.05, 0) is 0 Å². The first-order valence-corrected chi connectivity index (χ1v) is 0. The van der Waals surface area contributed by atoms with Crippen molar-refractivity contribution in [3.63, 3.8) is 0 Å². The van der Waals surface area contributed by atoms with Crippen LogP contribution in [0.4, 0.5) is 0 Å². The predicted molar refractivity (Wildman–Crippen MR) is 8.54 cm³/mol. The topological polar surface area (TPSA) is 0 Å². The molecule has 0 aliphatic rings. The van der Waals surface area contributed by atoms with Crippen LogP contribution in [0.15, 0.2) is 0 Å². The smallest absolute Gasteiger partial charge is 0 e. The van der Waals surface area contributed by atoms with Crippen molar-refractivity contribution in [2.24, 2.45) is 0 Å². The first kappa shape index (κ1) is 25.9. The minimum absolute atomic E-state index is 0. The Morgan fingerprint density at radius 3 is 1.00 bits per heavy atom. The minimum Gasteiger partial charge on any atom is 0 e. The van der Waals surface area contributed by atoms with E-state index >= 15 is 0 Å². The van der Waals surface area contributed by atoms with E-state index < -0.39 is 0 Å². The van der Waals surface area contributed by atoms with Gasteiger partial charge in [0.15, 0.2) is 0 Å². The normalized spacial score (nSPS) is 0. The largest absolute Gasteiger partial charge is 0 e. The van der Waals surface area contributed by atoms with Crippen LogP contribution in [0.3, 0.4) is 0 Å². The zero-order chi connectivity index (χ0) is 0. The number of rotatable bonds is 0. The fourth-order valence-electron chi connectivity index (χ4n) is 0. The average Bonchev–Trinajstić information content (AvgIpc) is 0. The van der Waals surface area contributed by atoms with Crippen molar-refractivity contribution >= 4 is 37.7 Å². The van der Waals surface area contributed by atoms with E-state index in [1.165, 1.54) is 0 Å². The molecule has 0 rings (SSSR count). The van der Waals surface area contributed by atoms with Crippen LogP contribution in [-0.4, -0.2) is 37.7 Å². The van der Waals surface area contributed by atoms with Crippen LogP contribution in [0.2, 0.25) is 0 Å². The molecule has 0 saturated heterocycles. The Labute approximate surface area is 105 Å². The third-order valence-corrected chi connectivity index (χ3v) is 0. The first-order valence-electron chi connectivity index (χ1n) is 0. The quantitative estimate of drug-likeness (QED) is 0.507. The maximum Gasteiger partial charge on any atom is 0 e. The van der Waals surface area contributed by atoms with Gasteiger partial charge in [-0.15, -0.1) is 0 Å². The summed E-state index contributed by atoms with van der Waals surface area (Å²) < 4.78 is 0. The van der Waals surface area contributed by atoms with Crippen LogP contribution in [0, 0.1) is 35.6 Å². The summed E-state index contributed by atoms with van der Waals surface area (Å²) in [4.78, 5) is 0. The average molecular weight is 296 g/mol. The zero-order valence-corrected chi connectivity index (χ0v) is 7.04. The second-order valence-corrected chi connectivity index (χ2v) is 0. The van der Waals surface area contributed by atoms with Gasteiger partial charge in [0.1, 0.15) is 0 Å². The van der Waals surface area contributed by atoms with Crippen molar-refractivity contribution in [1.82, 2.24) is 0 Å². The third kappa shape index (κ3) is 9.08. The van der Waals surface area contributed by atoms with Crippen molar-refractivity contribution < 1.29 is 69.4 Å². The molecule has 2 radical (unpaired) electrons. The minimum atomic E-state index is 0. The van der Waals surface area contributed by atoms with Gasteiger partial charge in [-0.2, -0.15) is 0 Å². The first-order chi connectivity index (χ1) is 0. The van der Waals surface area contributed by atoms with Gasteiger partial charge in [0.25, 0.3) is 0 Å². The Kier molecular flexibility index (Phi) is 104. The van der Waals surface area contributed by atoms with Crippen molar-refractivity contribution in [2.45, 2.75) is 0 Å². The molecule has 4 heteroatoms. The van der Waals surface area contributed by atoms with Gasteiger partial charge >= 0.3 is 37.7 Å². The van der Waals surface area contributed by atoms with E-state index in [0.717, 1.165) is 0 Å². The second kappa shape index (κ2) is 16.1. The molecule has 0 amide bonds. The summed E-state index contributed by atoms with van der Waals surface area (Å²) in [5, 5.41) is 0.